The zero-order valence-electron chi connectivity index (χ0n) is 9.53. The molecule has 0 unspecified atom stereocenters. The van der Waals surface area contributed by atoms with E-state index >= 15 is 0 Å². The van der Waals surface area contributed by atoms with Gasteiger partial charge < -0.3 is 0 Å². The Hall–Kier alpha value is -1.31. The van der Waals surface area contributed by atoms with Crippen LogP contribution in [0.15, 0.2) is 65.1 Å². The normalized spacial score (nSPS) is 10.8. The lowest BCUT2D eigenvalue weighted by Gasteiger charge is -2.11. The van der Waals surface area contributed by atoms with Crippen LogP contribution in [0.1, 0.15) is 0 Å². The smallest absolute Gasteiger partial charge is 0.0496 e. The standard InChI is InChI=1S/C16H10BrCl/c17-14-10-15(18)12-8-4-5-9-13(12)16(14)11-6-2-1-3-7-11/h1-10H. The van der Waals surface area contributed by atoms with Crippen LogP contribution < -0.4 is 0 Å². The number of hydrogen-bond acceptors (Lipinski definition) is 0. The zero-order valence-corrected chi connectivity index (χ0v) is 11.9. The molecular formula is C16H10BrCl. The second-order valence-electron chi connectivity index (χ2n) is 4.13. The largest absolute Gasteiger partial charge is 0.0836 e. The van der Waals surface area contributed by atoms with Crippen molar-refractivity contribution in [3.63, 3.8) is 0 Å². The first kappa shape index (κ1) is 11.8. The molecule has 0 aromatic heterocycles. The molecule has 0 heterocycles. The van der Waals surface area contributed by atoms with E-state index in [9.17, 15) is 0 Å². The number of rotatable bonds is 1. The second-order valence-corrected chi connectivity index (χ2v) is 5.39. The summed E-state index contributed by atoms with van der Waals surface area (Å²) in [5.74, 6) is 0. The zero-order chi connectivity index (χ0) is 12.5. The summed E-state index contributed by atoms with van der Waals surface area (Å²) in [6.07, 6.45) is 0. The van der Waals surface area contributed by atoms with Crippen LogP contribution in [0.5, 0.6) is 0 Å². The molecule has 2 heteroatoms. The summed E-state index contributed by atoms with van der Waals surface area (Å²) in [4.78, 5) is 0. The van der Waals surface area contributed by atoms with Gasteiger partial charge in [0.05, 0.1) is 0 Å². The van der Waals surface area contributed by atoms with Gasteiger partial charge in [-0.25, -0.2) is 0 Å². The number of halogens is 2. The van der Waals surface area contributed by atoms with Gasteiger partial charge in [0, 0.05) is 20.4 Å². The first-order valence-electron chi connectivity index (χ1n) is 5.69. The van der Waals surface area contributed by atoms with E-state index in [4.69, 9.17) is 11.6 Å². The van der Waals surface area contributed by atoms with Crippen molar-refractivity contribution >= 4 is 38.3 Å². The third-order valence-corrected chi connectivity index (χ3v) is 3.95. The van der Waals surface area contributed by atoms with Gasteiger partial charge in [0.15, 0.2) is 0 Å². The van der Waals surface area contributed by atoms with Gasteiger partial charge in [0.1, 0.15) is 0 Å². The number of hydrogen-bond donors (Lipinski definition) is 0. The summed E-state index contributed by atoms with van der Waals surface area (Å²) < 4.78 is 1.03. The Morgan fingerprint density at radius 3 is 2.11 bits per heavy atom. The van der Waals surface area contributed by atoms with Crippen LogP contribution >= 0.6 is 27.5 Å². The van der Waals surface area contributed by atoms with Crippen LogP contribution in [-0.2, 0) is 0 Å². The van der Waals surface area contributed by atoms with Gasteiger partial charge in [-0.05, 0) is 17.0 Å². The molecule has 0 N–H and O–H groups in total. The lowest BCUT2D eigenvalue weighted by Crippen LogP contribution is -1.84. The molecule has 0 radical (unpaired) electrons. The Labute approximate surface area is 119 Å². The fourth-order valence-corrected chi connectivity index (χ4v) is 3.27. The van der Waals surface area contributed by atoms with Crippen molar-refractivity contribution in [2.45, 2.75) is 0 Å². The van der Waals surface area contributed by atoms with Crippen LogP contribution in [0.4, 0.5) is 0 Å². The van der Waals surface area contributed by atoms with Gasteiger partial charge in [-0.3, -0.25) is 0 Å². The molecule has 18 heavy (non-hydrogen) atoms. The van der Waals surface area contributed by atoms with Crippen molar-refractivity contribution in [1.29, 1.82) is 0 Å². The van der Waals surface area contributed by atoms with Gasteiger partial charge >= 0.3 is 0 Å². The van der Waals surface area contributed by atoms with Crippen molar-refractivity contribution in [3.8, 4) is 11.1 Å². The summed E-state index contributed by atoms with van der Waals surface area (Å²) in [6, 6.07) is 20.5. The van der Waals surface area contributed by atoms with Gasteiger partial charge in [0.2, 0.25) is 0 Å². The van der Waals surface area contributed by atoms with E-state index in [1.165, 1.54) is 16.5 Å². The molecule has 0 aliphatic heterocycles. The van der Waals surface area contributed by atoms with Crippen LogP contribution in [0.25, 0.3) is 21.9 Å². The van der Waals surface area contributed by atoms with E-state index < -0.39 is 0 Å². The maximum atomic E-state index is 6.29. The summed E-state index contributed by atoms with van der Waals surface area (Å²) >= 11 is 9.91. The average molecular weight is 318 g/mol. The molecule has 0 fully saturated rings. The Bertz CT molecular complexity index is 705. The molecule has 0 atom stereocenters. The van der Waals surface area contributed by atoms with Crippen molar-refractivity contribution in [3.05, 3.63) is 70.2 Å². The Morgan fingerprint density at radius 1 is 0.778 bits per heavy atom. The fourth-order valence-electron chi connectivity index (χ4n) is 2.20. The maximum Gasteiger partial charge on any atom is 0.0496 e. The third kappa shape index (κ3) is 1.94. The molecule has 0 bridgehead atoms. The molecule has 88 valence electrons. The molecule has 0 nitrogen and oxygen atoms in total. The van der Waals surface area contributed by atoms with E-state index in [-0.39, 0.29) is 0 Å². The molecule has 3 aromatic rings. The summed E-state index contributed by atoms with van der Waals surface area (Å²) in [7, 11) is 0. The molecule has 0 saturated heterocycles. The van der Waals surface area contributed by atoms with Gasteiger partial charge in [-0.15, -0.1) is 0 Å². The van der Waals surface area contributed by atoms with Gasteiger partial charge in [-0.1, -0.05) is 82.1 Å². The van der Waals surface area contributed by atoms with Crippen LogP contribution in [0.2, 0.25) is 5.02 Å². The Kier molecular flexibility index (Phi) is 3.11. The first-order valence-corrected chi connectivity index (χ1v) is 6.86. The molecule has 0 saturated carbocycles. The summed E-state index contributed by atoms with van der Waals surface area (Å²) in [5.41, 5.74) is 2.38. The fraction of sp³-hybridized carbons (Fsp3) is 0. The molecular weight excluding hydrogens is 308 g/mol. The lowest BCUT2D eigenvalue weighted by molar-refractivity contribution is 1.62. The minimum atomic E-state index is 0.775. The van der Waals surface area contributed by atoms with E-state index in [0.717, 1.165) is 14.9 Å². The molecule has 0 aliphatic carbocycles. The van der Waals surface area contributed by atoms with Crippen molar-refractivity contribution < 1.29 is 0 Å². The highest BCUT2D eigenvalue weighted by molar-refractivity contribution is 9.10. The van der Waals surface area contributed by atoms with Crippen molar-refractivity contribution in [2.75, 3.05) is 0 Å². The third-order valence-electron chi connectivity index (χ3n) is 3.01. The van der Waals surface area contributed by atoms with Crippen LogP contribution in [-0.4, -0.2) is 0 Å². The predicted molar refractivity (Wildman–Crippen MR) is 82.1 cm³/mol. The van der Waals surface area contributed by atoms with E-state index in [2.05, 4.69) is 40.2 Å². The molecule has 3 rings (SSSR count). The monoisotopic (exact) mass is 316 g/mol. The van der Waals surface area contributed by atoms with Gasteiger partial charge in [-0.2, -0.15) is 0 Å². The minimum absolute atomic E-state index is 0.775. The molecule has 3 aromatic carbocycles. The first-order chi connectivity index (χ1) is 8.77. The molecule has 0 spiro atoms. The van der Waals surface area contributed by atoms with Crippen molar-refractivity contribution in [2.24, 2.45) is 0 Å². The van der Waals surface area contributed by atoms with E-state index in [1.807, 2.05) is 36.4 Å². The Balaban J connectivity index is 2.42. The van der Waals surface area contributed by atoms with Crippen LogP contribution in [0.3, 0.4) is 0 Å². The summed E-state index contributed by atoms with van der Waals surface area (Å²) in [6.45, 7) is 0. The quantitative estimate of drug-likeness (QED) is 0.522. The number of benzene rings is 3. The highest BCUT2D eigenvalue weighted by atomic mass is 79.9. The van der Waals surface area contributed by atoms with E-state index in [0.29, 0.717) is 0 Å². The van der Waals surface area contributed by atoms with Gasteiger partial charge in [0.25, 0.3) is 0 Å². The predicted octanol–water partition coefficient (Wildman–Crippen LogP) is 5.92. The highest BCUT2D eigenvalue weighted by Crippen LogP contribution is 2.38. The maximum absolute atomic E-state index is 6.29. The highest BCUT2D eigenvalue weighted by Gasteiger charge is 2.10. The summed E-state index contributed by atoms with van der Waals surface area (Å²) in [5, 5.41) is 3.03. The number of fused-ring (bicyclic) bond motifs is 1. The SMILES string of the molecule is Clc1cc(Br)c(-c2ccccc2)c2ccccc12. The Morgan fingerprint density at radius 2 is 1.39 bits per heavy atom. The van der Waals surface area contributed by atoms with Crippen LogP contribution in [0, 0.1) is 0 Å². The topological polar surface area (TPSA) is 0 Å². The lowest BCUT2D eigenvalue weighted by atomic mass is 9.98. The van der Waals surface area contributed by atoms with E-state index in [1.54, 1.807) is 0 Å². The second kappa shape index (κ2) is 4.75. The molecule has 0 aliphatic rings. The van der Waals surface area contributed by atoms with Crippen molar-refractivity contribution in [1.82, 2.24) is 0 Å². The minimum Gasteiger partial charge on any atom is -0.0836 e. The molecule has 0 amide bonds. The average Bonchev–Trinajstić information content (AvgIpc) is 2.40.